The van der Waals surface area contributed by atoms with Crippen LogP contribution in [0.1, 0.15) is 16.1 Å². The number of ether oxygens (including phenoxy) is 1. The third kappa shape index (κ3) is 2.85. The predicted molar refractivity (Wildman–Crippen MR) is 69.7 cm³/mol. The number of nitrogen functional groups attached to an aromatic ring is 1. The van der Waals surface area contributed by atoms with Crippen LogP contribution in [0.25, 0.3) is 0 Å². The van der Waals surface area contributed by atoms with Crippen molar-refractivity contribution in [3.05, 3.63) is 53.9 Å². The highest BCUT2D eigenvalue weighted by atomic mass is 16.5. The van der Waals surface area contributed by atoms with Crippen LogP contribution in [0.3, 0.4) is 0 Å². The van der Waals surface area contributed by atoms with Crippen LogP contribution in [0.5, 0.6) is 5.75 Å². The van der Waals surface area contributed by atoms with Crippen molar-refractivity contribution in [1.29, 1.82) is 0 Å². The summed E-state index contributed by atoms with van der Waals surface area (Å²) < 4.78 is 5.11. The van der Waals surface area contributed by atoms with Crippen molar-refractivity contribution in [2.45, 2.75) is 6.42 Å². The van der Waals surface area contributed by atoms with E-state index in [2.05, 4.69) is 4.98 Å². The number of hydrogen-bond donors (Lipinski definition) is 1. The van der Waals surface area contributed by atoms with Crippen molar-refractivity contribution in [3.63, 3.8) is 0 Å². The van der Waals surface area contributed by atoms with Gasteiger partial charge in [0.15, 0.2) is 5.78 Å². The molecule has 92 valence electrons. The molecule has 0 atom stereocenters. The smallest absolute Gasteiger partial charge is 0.185 e. The normalized spacial score (nSPS) is 10.1. The van der Waals surface area contributed by atoms with Gasteiger partial charge in [-0.05, 0) is 29.8 Å². The van der Waals surface area contributed by atoms with Gasteiger partial charge in [0.05, 0.1) is 19.0 Å². The minimum Gasteiger partial charge on any atom is -0.497 e. The largest absolute Gasteiger partial charge is 0.497 e. The first kappa shape index (κ1) is 12.1. The lowest BCUT2D eigenvalue weighted by Gasteiger charge is -2.04. The summed E-state index contributed by atoms with van der Waals surface area (Å²) in [4.78, 5) is 16.0. The third-order valence-electron chi connectivity index (χ3n) is 2.57. The molecule has 1 aromatic heterocycles. The molecule has 0 aliphatic rings. The van der Waals surface area contributed by atoms with Gasteiger partial charge >= 0.3 is 0 Å². The van der Waals surface area contributed by atoms with E-state index in [1.54, 1.807) is 19.2 Å². The monoisotopic (exact) mass is 242 g/mol. The number of nitrogens with two attached hydrogens (primary N) is 1. The first-order valence-electron chi connectivity index (χ1n) is 5.56. The van der Waals surface area contributed by atoms with Crippen molar-refractivity contribution in [3.8, 4) is 5.75 Å². The molecular formula is C14H14N2O2. The Morgan fingerprint density at radius 3 is 2.83 bits per heavy atom. The first-order valence-corrected chi connectivity index (χ1v) is 5.56. The molecule has 2 aromatic rings. The number of ketones is 1. The van der Waals surface area contributed by atoms with Gasteiger partial charge < -0.3 is 10.5 Å². The standard InChI is InChI=1S/C14H14N2O2/c1-18-12-4-2-3-10(7-12)8-14(17)13-6-5-11(15)9-16-13/h2-7,9H,8,15H2,1H3. The molecule has 0 fully saturated rings. The number of carbonyl (C=O) groups is 1. The van der Waals surface area contributed by atoms with E-state index in [0.717, 1.165) is 11.3 Å². The number of carbonyl (C=O) groups excluding carboxylic acids is 1. The van der Waals surface area contributed by atoms with Gasteiger partial charge in [-0.3, -0.25) is 9.78 Å². The maximum atomic E-state index is 12.0. The Morgan fingerprint density at radius 1 is 1.33 bits per heavy atom. The van der Waals surface area contributed by atoms with Gasteiger partial charge in [0.1, 0.15) is 11.4 Å². The number of rotatable bonds is 4. The highest BCUT2D eigenvalue weighted by Gasteiger charge is 2.08. The van der Waals surface area contributed by atoms with Crippen LogP contribution in [-0.2, 0) is 6.42 Å². The van der Waals surface area contributed by atoms with Crippen molar-refractivity contribution in [1.82, 2.24) is 4.98 Å². The Labute approximate surface area is 105 Å². The fraction of sp³-hybridized carbons (Fsp3) is 0.143. The highest BCUT2D eigenvalue weighted by molar-refractivity contribution is 5.95. The van der Waals surface area contributed by atoms with E-state index in [0.29, 0.717) is 17.8 Å². The third-order valence-corrected chi connectivity index (χ3v) is 2.57. The molecule has 4 nitrogen and oxygen atoms in total. The van der Waals surface area contributed by atoms with E-state index in [9.17, 15) is 4.79 Å². The number of Topliss-reactive ketones (excluding diaryl/α,β-unsaturated/α-hetero) is 1. The number of methoxy groups -OCH3 is 1. The Morgan fingerprint density at radius 2 is 2.17 bits per heavy atom. The van der Waals surface area contributed by atoms with E-state index in [1.807, 2.05) is 24.3 Å². The second kappa shape index (κ2) is 5.31. The van der Waals surface area contributed by atoms with Gasteiger partial charge in [-0.25, -0.2) is 0 Å². The molecule has 0 aliphatic carbocycles. The Bertz CT molecular complexity index is 550. The second-order valence-corrected chi connectivity index (χ2v) is 3.93. The Balaban J connectivity index is 2.13. The van der Waals surface area contributed by atoms with E-state index in [1.165, 1.54) is 6.20 Å². The Hall–Kier alpha value is -2.36. The summed E-state index contributed by atoms with van der Waals surface area (Å²) in [6.45, 7) is 0. The molecule has 0 amide bonds. The van der Waals surface area contributed by atoms with Gasteiger partial charge in [0, 0.05) is 6.42 Å². The molecule has 0 spiro atoms. The molecule has 0 bridgehead atoms. The predicted octanol–water partition coefficient (Wildman–Crippen LogP) is 2.10. The lowest BCUT2D eigenvalue weighted by Crippen LogP contribution is -2.06. The van der Waals surface area contributed by atoms with E-state index < -0.39 is 0 Å². The van der Waals surface area contributed by atoms with E-state index in [-0.39, 0.29) is 5.78 Å². The van der Waals surface area contributed by atoms with E-state index >= 15 is 0 Å². The van der Waals surface area contributed by atoms with Crippen LogP contribution in [0.4, 0.5) is 5.69 Å². The molecule has 4 heteroatoms. The summed E-state index contributed by atoms with van der Waals surface area (Å²) in [6, 6.07) is 10.7. The highest BCUT2D eigenvalue weighted by Crippen LogP contribution is 2.14. The molecule has 18 heavy (non-hydrogen) atoms. The molecule has 0 unspecified atom stereocenters. The van der Waals surface area contributed by atoms with Crippen molar-refractivity contribution < 1.29 is 9.53 Å². The lowest BCUT2D eigenvalue weighted by atomic mass is 10.1. The van der Waals surface area contributed by atoms with Crippen LogP contribution in [0.2, 0.25) is 0 Å². The van der Waals surface area contributed by atoms with Crippen LogP contribution in [0.15, 0.2) is 42.6 Å². The topological polar surface area (TPSA) is 65.2 Å². The minimum absolute atomic E-state index is 0.0387. The SMILES string of the molecule is COc1cccc(CC(=O)c2ccc(N)cn2)c1. The molecule has 2 N–H and O–H groups in total. The Kier molecular flexibility index (Phi) is 3.57. The zero-order valence-corrected chi connectivity index (χ0v) is 10.1. The summed E-state index contributed by atoms with van der Waals surface area (Å²) >= 11 is 0. The number of benzene rings is 1. The summed E-state index contributed by atoms with van der Waals surface area (Å²) in [5.74, 6) is 0.703. The van der Waals surface area contributed by atoms with Crippen LogP contribution in [0, 0.1) is 0 Å². The summed E-state index contributed by atoms with van der Waals surface area (Å²) in [5.41, 5.74) is 7.40. The van der Waals surface area contributed by atoms with Gasteiger partial charge in [0.25, 0.3) is 0 Å². The van der Waals surface area contributed by atoms with Gasteiger partial charge in [-0.15, -0.1) is 0 Å². The number of anilines is 1. The average Bonchev–Trinajstić information content (AvgIpc) is 2.39. The molecule has 0 saturated heterocycles. The maximum Gasteiger partial charge on any atom is 0.185 e. The number of aromatic nitrogens is 1. The zero-order chi connectivity index (χ0) is 13.0. The number of nitrogens with zero attached hydrogens (tertiary/aromatic N) is 1. The molecule has 1 heterocycles. The van der Waals surface area contributed by atoms with Gasteiger partial charge in [-0.2, -0.15) is 0 Å². The molecule has 0 saturated carbocycles. The first-order chi connectivity index (χ1) is 8.69. The molecule has 2 rings (SSSR count). The molecule has 1 aromatic carbocycles. The summed E-state index contributed by atoms with van der Waals surface area (Å²) in [6.07, 6.45) is 1.78. The number of hydrogen-bond acceptors (Lipinski definition) is 4. The number of pyridine rings is 1. The van der Waals surface area contributed by atoms with Crippen LogP contribution in [-0.4, -0.2) is 17.9 Å². The quantitative estimate of drug-likeness (QED) is 0.834. The van der Waals surface area contributed by atoms with Crippen molar-refractivity contribution in [2.75, 3.05) is 12.8 Å². The van der Waals surface area contributed by atoms with Crippen LogP contribution >= 0.6 is 0 Å². The fourth-order valence-corrected chi connectivity index (χ4v) is 1.63. The average molecular weight is 242 g/mol. The van der Waals surface area contributed by atoms with Crippen molar-refractivity contribution in [2.24, 2.45) is 0 Å². The second-order valence-electron chi connectivity index (χ2n) is 3.93. The molecule has 0 radical (unpaired) electrons. The molecule has 0 aliphatic heterocycles. The zero-order valence-electron chi connectivity index (χ0n) is 10.1. The fourth-order valence-electron chi connectivity index (χ4n) is 1.63. The van der Waals surface area contributed by atoms with Gasteiger partial charge in [-0.1, -0.05) is 12.1 Å². The molecular weight excluding hydrogens is 228 g/mol. The maximum absolute atomic E-state index is 12.0. The van der Waals surface area contributed by atoms with Gasteiger partial charge in [0.2, 0.25) is 0 Å². The lowest BCUT2D eigenvalue weighted by molar-refractivity contribution is 0.0988. The summed E-state index contributed by atoms with van der Waals surface area (Å²) in [7, 11) is 1.60. The van der Waals surface area contributed by atoms with Crippen molar-refractivity contribution >= 4 is 11.5 Å². The minimum atomic E-state index is -0.0387. The van der Waals surface area contributed by atoms with Crippen LogP contribution < -0.4 is 10.5 Å². The van der Waals surface area contributed by atoms with E-state index in [4.69, 9.17) is 10.5 Å². The summed E-state index contributed by atoms with van der Waals surface area (Å²) in [5, 5.41) is 0.